The van der Waals surface area contributed by atoms with Gasteiger partial charge in [0.2, 0.25) is 0 Å². The lowest BCUT2D eigenvalue weighted by molar-refractivity contribution is -0.0550. The van der Waals surface area contributed by atoms with E-state index in [1.54, 1.807) is 0 Å². The molecule has 0 saturated carbocycles. The second-order valence-corrected chi connectivity index (χ2v) is 5.01. The van der Waals surface area contributed by atoms with Crippen molar-refractivity contribution in [2.75, 3.05) is 6.61 Å². The fourth-order valence-electron chi connectivity index (χ4n) is 2.30. The van der Waals surface area contributed by atoms with Crippen LogP contribution in [0.15, 0.2) is 24.3 Å². The lowest BCUT2D eigenvalue weighted by atomic mass is 9.88. The van der Waals surface area contributed by atoms with Gasteiger partial charge >= 0.3 is 0 Å². The number of rotatable bonds is 7. The van der Waals surface area contributed by atoms with Gasteiger partial charge in [-0.05, 0) is 39.2 Å². The number of nitrogens with two attached hydrogens (primary N) is 1. The van der Waals surface area contributed by atoms with Gasteiger partial charge in [0.25, 0.3) is 0 Å². The third kappa shape index (κ3) is 3.80. The van der Waals surface area contributed by atoms with Gasteiger partial charge in [0.1, 0.15) is 0 Å². The van der Waals surface area contributed by atoms with Crippen LogP contribution in [-0.4, -0.2) is 18.2 Å². The predicted octanol–water partition coefficient (Wildman–Crippen LogP) is 2.57. The first kappa shape index (κ1) is 15.2. The molecule has 1 rings (SSSR count). The van der Waals surface area contributed by atoms with Crippen LogP contribution in [0.25, 0.3) is 0 Å². The molecule has 0 fully saturated rings. The molecule has 0 amide bonds. The predicted molar refractivity (Wildman–Crippen MR) is 76.3 cm³/mol. The van der Waals surface area contributed by atoms with Crippen molar-refractivity contribution in [3.63, 3.8) is 0 Å². The van der Waals surface area contributed by atoms with Crippen LogP contribution >= 0.6 is 0 Å². The number of benzene rings is 1. The van der Waals surface area contributed by atoms with Crippen molar-refractivity contribution in [2.45, 2.75) is 52.2 Å². The Morgan fingerprint density at radius 1 is 1.39 bits per heavy atom. The second-order valence-electron chi connectivity index (χ2n) is 5.01. The molecule has 3 nitrogen and oxygen atoms in total. The molecule has 0 aliphatic heterocycles. The molecule has 18 heavy (non-hydrogen) atoms. The van der Waals surface area contributed by atoms with Crippen molar-refractivity contribution >= 4 is 0 Å². The standard InChI is InChI=1S/C15H26N2O/c1-5-15(4,18-6-2)14(17-16)11-13-9-7-8-12(3)10-13/h7-10,14,17H,5-6,11,16H2,1-4H3. The van der Waals surface area contributed by atoms with Gasteiger partial charge in [0.15, 0.2) is 0 Å². The van der Waals surface area contributed by atoms with E-state index in [9.17, 15) is 0 Å². The minimum atomic E-state index is -0.229. The summed E-state index contributed by atoms with van der Waals surface area (Å²) in [7, 11) is 0. The zero-order valence-electron chi connectivity index (χ0n) is 12.0. The molecule has 3 heteroatoms. The third-order valence-corrected chi connectivity index (χ3v) is 3.64. The Kier molecular flexibility index (Phi) is 5.79. The van der Waals surface area contributed by atoms with E-state index in [0.717, 1.165) is 12.8 Å². The van der Waals surface area contributed by atoms with Gasteiger partial charge in [-0.15, -0.1) is 0 Å². The smallest absolute Gasteiger partial charge is 0.0820 e. The Morgan fingerprint density at radius 2 is 2.11 bits per heavy atom. The average molecular weight is 250 g/mol. The zero-order valence-corrected chi connectivity index (χ0v) is 12.0. The molecule has 3 N–H and O–H groups in total. The van der Waals surface area contributed by atoms with E-state index in [-0.39, 0.29) is 11.6 Å². The van der Waals surface area contributed by atoms with Crippen molar-refractivity contribution < 1.29 is 4.74 Å². The highest BCUT2D eigenvalue weighted by atomic mass is 16.5. The maximum absolute atomic E-state index is 5.89. The summed E-state index contributed by atoms with van der Waals surface area (Å²) >= 11 is 0. The normalized spacial score (nSPS) is 16.3. The molecule has 2 unspecified atom stereocenters. The summed E-state index contributed by atoms with van der Waals surface area (Å²) < 4.78 is 5.89. The summed E-state index contributed by atoms with van der Waals surface area (Å²) in [4.78, 5) is 0. The molecule has 0 radical (unpaired) electrons. The number of hydrogen-bond donors (Lipinski definition) is 2. The van der Waals surface area contributed by atoms with E-state index in [1.165, 1.54) is 11.1 Å². The van der Waals surface area contributed by atoms with E-state index < -0.39 is 0 Å². The number of hydrazine groups is 1. The number of hydrogen-bond acceptors (Lipinski definition) is 3. The van der Waals surface area contributed by atoms with E-state index >= 15 is 0 Å². The van der Waals surface area contributed by atoms with E-state index in [2.05, 4.69) is 50.5 Å². The molecule has 1 aromatic carbocycles. The molecule has 2 atom stereocenters. The maximum atomic E-state index is 5.89. The summed E-state index contributed by atoms with van der Waals surface area (Å²) in [5.41, 5.74) is 5.26. The van der Waals surface area contributed by atoms with Crippen LogP contribution in [0, 0.1) is 6.92 Å². The van der Waals surface area contributed by atoms with Gasteiger partial charge in [-0.1, -0.05) is 36.8 Å². The van der Waals surface area contributed by atoms with Crippen LogP contribution in [0.1, 0.15) is 38.3 Å². The first-order valence-electron chi connectivity index (χ1n) is 6.71. The number of nitrogens with one attached hydrogen (secondary N) is 1. The fourth-order valence-corrected chi connectivity index (χ4v) is 2.30. The van der Waals surface area contributed by atoms with Gasteiger partial charge in [-0.3, -0.25) is 11.3 Å². The molecule has 0 bridgehead atoms. The van der Waals surface area contributed by atoms with Crippen LogP contribution in [0.3, 0.4) is 0 Å². The van der Waals surface area contributed by atoms with Crippen LogP contribution in [0.4, 0.5) is 0 Å². The molecular formula is C15H26N2O. The lowest BCUT2D eigenvalue weighted by Crippen LogP contribution is -2.54. The Hall–Kier alpha value is -0.900. The molecule has 0 aliphatic rings. The quantitative estimate of drug-likeness (QED) is 0.577. The molecule has 102 valence electrons. The summed E-state index contributed by atoms with van der Waals surface area (Å²) in [5.74, 6) is 5.72. The summed E-state index contributed by atoms with van der Waals surface area (Å²) in [5, 5.41) is 0. The Bertz CT molecular complexity index is 367. The Labute approximate surface area is 111 Å². The van der Waals surface area contributed by atoms with Gasteiger partial charge < -0.3 is 4.74 Å². The highest BCUT2D eigenvalue weighted by Crippen LogP contribution is 2.23. The van der Waals surface area contributed by atoms with Crippen LogP contribution in [0.2, 0.25) is 0 Å². The second kappa shape index (κ2) is 6.88. The largest absolute Gasteiger partial charge is 0.374 e. The Morgan fingerprint density at radius 3 is 2.61 bits per heavy atom. The molecule has 0 spiro atoms. The van der Waals surface area contributed by atoms with Crippen molar-refractivity contribution in [1.29, 1.82) is 0 Å². The van der Waals surface area contributed by atoms with Crippen molar-refractivity contribution in [2.24, 2.45) is 5.84 Å². The van der Waals surface area contributed by atoms with Crippen LogP contribution in [0.5, 0.6) is 0 Å². The first-order valence-corrected chi connectivity index (χ1v) is 6.71. The van der Waals surface area contributed by atoms with Crippen molar-refractivity contribution in [1.82, 2.24) is 5.43 Å². The van der Waals surface area contributed by atoms with Crippen molar-refractivity contribution in [3.05, 3.63) is 35.4 Å². The minimum Gasteiger partial charge on any atom is -0.374 e. The van der Waals surface area contributed by atoms with Gasteiger partial charge in [-0.25, -0.2) is 0 Å². The molecular weight excluding hydrogens is 224 g/mol. The molecule has 0 aromatic heterocycles. The number of aryl methyl sites for hydroxylation is 1. The SMILES string of the molecule is CCOC(C)(CC)C(Cc1cccc(C)c1)NN. The minimum absolute atomic E-state index is 0.115. The van der Waals surface area contributed by atoms with Gasteiger partial charge in [0.05, 0.1) is 11.6 Å². The summed E-state index contributed by atoms with van der Waals surface area (Å²) in [6, 6.07) is 8.65. The van der Waals surface area contributed by atoms with Crippen molar-refractivity contribution in [3.8, 4) is 0 Å². The average Bonchev–Trinajstić information content (AvgIpc) is 2.36. The lowest BCUT2D eigenvalue weighted by Gasteiger charge is -2.36. The molecule has 1 aromatic rings. The first-order chi connectivity index (χ1) is 8.55. The zero-order chi connectivity index (χ0) is 13.6. The molecule has 0 saturated heterocycles. The topological polar surface area (TPSA) is 47.3 Å². The third-order valence-electron chi connectivity index (χ3n) is 3.64. The summed E-state index contributed by atoms with van der Waals surface area (Å²) in [6.07, 6.45) is 1.81. The monoisotopic (exact) mass is 250 g/mol. The van der Waals surface area contributed by atoms with Gasteiger partial charge in [-0.2, -0.15) is 0 Å². The van der Waals surface area contributed by atoms with E-state index in [4.69, 9.17) is 10.6 Å². The Balaban J connectivity index is 2.83. The van der Waals surface area contributed by atoms with Gasteiger partial charge in [0, 0.05) is 6.61 Å². The van der Waals surface area contributed by atoms with E-state index in [0.29, 0.717) is 6.61 Å². The summed E-state index contributed by atoms with van der Waals surface area (Å²) in [6.45, 7) is 9.09. The van der Waals surface area contributed by atoms with Crippen LogP contribution in [-0.2, 0) is 11.2 Å². The number of ether oxygens (including phenoxy) is 1. The van der Waals surface area contributed by atoms with E-state index in [1.807, 2.05) is 6.92 Å². The van der Waals surface area contributed by atoms with Crippen LogP contribution < -0.4 is 11.3 Å². The highest BCUT2D eigenvalue weighted by molar-refractivity contribution is 5.23. The maximum Gasteiger partial charge on any atom is 0.0820 e. The highest BCUT2D eigenvalue weighted by Gasteiger charge is 2.32. The fraction of sp³-hybridized carbons (Fsp3) is 0.600. The molecule has 0 aliphatic carbocycles. The molecule has 0 heterocycles.